The highest BCUT2D eigenvalue weighted by Gasteiger charge is 2.32. The Labute approximate surface area is 207 Å². The molecule has 0 spiro atoms. The van der Waals surface area contributed by atoms with Crippen molar-refractivity contribution in [2.24, 2.45) is 11.8 Å². The van der Waals surface area contributed by atoms with Gasteiger partial charge in [-0.05, 0) is 69.7 Å². The molecule has 3 aliphatic rings. The Morgan fingerprint density at radius 2 is 1.91 bits per heavy atom. The first kappa shape index (κ1) is 23.8. The van der Waals surface area contributed by atoms with Gasteiger partial charge in [0.2, 0.25) is 5.91 Å². The summed E-state index contributed by atoms with van der Waals surface area (Å²) in [6.07, 6.45) is 5.19. The topological polar surface area (TPSA) is 57.7 Å². The minimum absolute atomic E-state index is 0.0661. The molecule has 1 unspecified atom stereocenters. The molecule has 1 amide bonds. The third kappa shape index (κ3) is 5.99. The van der Waals surface area contributed by atoms with Gasteiger partial charge in [-0.1, -0.05) is 0 Å². The predicted molar refractivity (Wildman–Crippen MR) is 137 cm³/mol. The highest BCUT2D eigenvalue weighted by molar-refractivity contribution is 7.15. The Morgan fingerprint density at radius 1 is 1.15 bits per heavy atom. The largest absolute Gasteiger partial charge is 0.494 e. The Bertz CT molecular complexity index is 938. The van der Waals surface area contributed by atoms with Gasteiger partial charge in [0.15, 0.2) is 0 Å². The molecule has 1 aromatic carbocycles. The Hall–Kier alpha value is -1.96. The molecule has 0 radical (unpaired) electrons. The third-order valence-corrected chi connectivity index (χ3v) is 8.58. The number of piperazine rings is 1. The van der Waals surface area contributed by atoms with Crippen LogP contribution in [0.4, 0.5) is 0 Å². The van der Waals surface area contributed by atoms with E-state index in [9.17, 15) is 4.79 Å². The van der Waals surface area contributed by atoms with Crippen molar-refractivity contribution in [1.82, 2.24) is 20.1 Å². The molecular formula is C27H38N4O2S. The van der Waals surface area contributed by atoms with Gasteiger partial charge < -0.3 is 15.0 Å². The number of benzene rings is 1. The normalized spacial score (nSPS) is 21.1. The Morgan fingerprint density at radius 3 is 2.59 bits per heavy atom. The van der Waals surface area contributed by atoms with Crippen molar-refractivity contribution in [3.8, 4) is 16.3 Å². The molecule has 2 aromatic rings. The average Bonchev–Trinajstić information content (AvgIpc) is 3.46. The first-order valence-corrected chi connectivity index (χ1v) is 13.8. The lowest BCUT2D eigenvalue weighted by Crippen LogP contribution is -2.49. The summed E-state index contributed by atoms with van der Waals surface area (Å²) in [6.45, 7) is 11.9. The highest BCUT2D eigenvalue weighted by Crippen LogP contribution is 2.36. The molecule has 184 valence electrons. The Kier molecular flexibility index (Phi) is 7.52. The fourth-order valence-corrected chi connectivity index (χ4v) is 6.10. The number of nitrogens with one attached hydrogen (secondary N) is 1. The quantitative estimate of drug-likeness (QED) is 0.522. The number of ether oxygens (including phenoxy) is 1. The van der Waals surface area contributed by atoms with E-state index in [1.54, 1.807) is 11.3 Å². The van der Waals surface area contributed by atoms with E-state index in [4.69, 9.17) is 9.72 Å². The van der Waals surface area contributed by atoms with Crippen LogP contribution in [0.15, 0.2) is 24.3 Å². The fourth-order valence-electron chi connectivity index (χ4n) is 4.93. The van der Waals surface area contributed by atoms with Crippen LogP contribution in [0.2, 0.25) is 0 Å². The van der Waals surface area contributed by atoms with Gasteiger partial charge in [-0.25, -0.2) is 4.98 Å². The van der Waals surface area contributed by atoms with Crippen LogP contribution in [0.3, 0.4) is 0 Å². The standard InChI is InChI=1S/C27H38N4O2S/c1-19(2)31-13-11-30(12-14-31)10-3-15-33-23-8-6-21(7-9-23)27-29-24-16-22(17-25(24)34-27)26(32)28-18-20-4-5-20/h6-9,19-20,22H,3-5,10-18H2,1-2H3,(H,28,32). The molecule has 1 aliphatic heterocycles. The van der Waals surface area contributed by atoms with Gasteiger partial charge in [-0.3, -0.25) is 9.69 Å². The number of thiazole rings is 1. The molecule has 0 bridgehead atoms. The van der Waals surface area contributed by atoms with E-state index in [0.717, 1.165) is 80.0 Å². The van der Waals surface area contributed by atoms with Crippen molar-refractivity contribution in [2.45, 2.75) is 52.0 Å². The first-order chi connectivity index (χ1) is 16.5. The molecule has 6 nitrogen and oxygen atoms in total. The van der Waals surface area contributed by atoms with Gasteiger partial charge in [-0.2, -0.15) is 0 Å². The summed E-state index contributed by atoms with van der Waals surface area (Å²) >= 11 is 1.74. The summed E-state index contributed by atoms with van der Waals surface area (Å²) in [5.41, 5.74) is 2.24. The smallest absolute Gasteiger partial charge is 0.223 e. The molecule has 7 heteroatoms. The molecule has 1 atom stereocenters. The second kappa shape index (κ2) is 10.8. The van der Waals surface area contributed by atoms with Gasteiger partial charge in [0.05, 0.1) is 12.3 Å². The zero-order valence-electron chi connectivity index (χ0n) is 20.6. The SMILES string of the molecule is CC(C)N1CCN(CCCOc2ccc(-c3nc4c(s3)CC(C(=O)NCC3CC3)C4)cc2)CC1. The lowest BCUT2D eigenvalue weighted by Gasteiger charge is -2.36. The fraction of sp³-hybridized carbons (Fsp3) is 0.630. The van der Waals surface area contributed by atoms with Gasteiger partial charge in [0, 0.05) is 68.1 Å². The molecule has 34 heavy (non-hydrogen) atoms. The van der Waals surface area contributed by atoms with E-state index in [1.165, 1.54) is 30.8 Å². The van der Waals surface area contributed by atoms with Crippen LogP contribution in [0.25, 0.3) is 10.6 Å². The number of rotatable bonds is 10. The lowest BCUT2D eigenvalue weighted by molar-refractivity contribution is -0.124. The van der Waals surface area contributed by atoms with E-state index >= 15 is 0 Å². The zero-order valence-corrected chi connectivity index (χ0v) is 21.4. The Balaban J connectivity index is 1.04. The summed E-state index contributed by atoms with van der Waals surface area (Å²) < 4.78 is 5.99. The maximum absolute atomic E-state index is 12.4. The molecular weight excluding hydrogens is 444 g/mol. The highest BCUT2D eigenvalue weighted by atomic mass is 32.1. The third-order valence-electron chi connectivity index (χ3n) is 7.41. The van der Waals surface area contributed by atoms with Crippen LogP contribution in [0, 0.1) is 11.8 Å². The van der Waals surface area contributed by atoms with E-state index in [1.807, 2.05) is 0 Å². The van der Waals surface area contributed by atoms with Crippen LogP contribution in [0.1, 0.15) is 43.7 Å². The van der Waals surface area contributed by atoms with Crippen molar-refractivity contribution in [3.05, 3.63) is 34.8 Å². The molecule has 1 N–H and O–H groups in total. The minimum atomic E-state index is 0.0661. The number of carbonyl (C=O) groups excluding carboxylic acids is 1. The number of carbonyl (C=O) groups is 1. The number of hydrogen-bond donors (Lipinski definition) is 1. The zero-order chi connectivity index (χ0) is 23.5. The molecule has 1 aromatic heterocycles. The monoisotopic (exact) mass is 482 g/mol. The van der Waals surface area contributed by atoms with Crippen molar-refractivity contribution in [1.29, 1.82) is 0 Å². The van der Waals surface area contributed by atoms with Gasteiger partial charge >= 0.3 is 0 Å². The minimum Gasteiger partial charge on any atom is -0.494 e. The van der Waals surface area contributed by atoms with Crippen molar-refractivity contribution in [2.75, 3.05) is 45.9 Å². The van der Waals surface area contributed by atoms with E-state index in [-0.39, 0.29) is 11.8 Å². The van der Waals surface area contributed by atoms with E-state index in [0.29, 0.717) is 6.04 Å². The number of fused-ring (bicyclic) bond motifs is 1. The van der Waals surface area contributed by atoms with Crippen molar-refractivity contribution >= 4 is 17.2 Å². The molecule has 1 saturated heterocycles. The van der Waals surface area contributed by atoms with Crippen molar-refractivity contribution < 1.29 is 9.53 Å². The maximum atomic E-state index is 12.4. The van der Waals surface area contributed by atoms with E-state index in [2.05, 4.69) is 53.2 Å². The molecule has 5 rings (SSSR count). The van der Waals surface area contributed by atoms with Gasteiger partial charge in [0.1, 0.15) is 10.8 Å². The van der Waals surface area contributed by atoms with Crippen molar-refractivity contribution in [3.63, 3.8) is 0 Å². The molecule has 2 heterocycles. The second-order valence-corrected chi connectivity index (χ2v) is 11.5. The predicted octanol–water partition coefficient (Wildman–Crippen LogP) is 3.85. The summed E-state index contributed by atoms with van der Waals surface area (Å²) in [7, 11) is 0. The summed E-state index contributed by atoms with van der Waals surface area (Å²) in [4.78, 5) is 23.7. The summed E-state index contributed by atoms with van der Waals surface area (Å²) in [5.74, 6) is 1.92. The average molecular weight is 483 g/mol. The van der Waals surface area contributed by atoms with Crippen LogP contribution < -0.4 is 10.1 Å². The lowest BCUT2D eigenvalue weighted by atomic mass is 10.1. The molecule has 2 fully saturated rings. The van der Waals surface area contributed by atoms with Crippen LogP contribution in [-0.2, 0) is 17.6 Å². The second-order valence-electron chi connectivity index (χ2n) is 10.4. The van der Waals surface area contributed by atoms with Gasteiger partial charge in [-0.15, -0.1) is 11.3 Å². The molecule has 2 aliphatic carbocycles. The first-order valence-electron chi connectivity index (χ1n) is 13.0. The van der Waals surface area contributed by atoms with Gasteiger partial charge in [0.25, 0.3) is 0 Å². The van der Waals surface area contributed by atoms with E-state index < -0.39 is 0 Å². The number of nitrogens with zero attached hydrogens (tertiary/aromatic N) is 3. The number of amides is 1. The number of hydrogen-bond acceptors (Lipinski definition) is 6. The van der Waals surface area contributed by atoms with Crippen LogP contribution >= 0.6 is 11.3 Å². The number of aromatic nitrogens is 1. The van der Waals surface area contributed by atoms with Crippen LogP contribution in [0.5, 0.6) is 5.75 Å². The summed E-state index contributed by atoms with van der Waals surface area (Å²) in [6, 6.07) is 8.97. The maximum Gasteiger partial charge on any atom is 0.223 e. The van der Waals surface area contributed by atoms with Crippen LogP contribution in [-0.4, -0.2) is 72.6 Å². The summed E-state index contributed by atoms with van der Waals surface area (Å²) in [5, 5.41) is 4.18. The molecule has 1 saturated carbocycles.